The highest BCUT2D eigenvalue weighted by Gasteiger charge is 2.11. The molecule has 0 aromatic heterocycles. The molecule has 0 aliphatic heterocycles. The van der Waals surface area contributed by atoms with Crippen molar-refractivity contribution in [2.24, 2.45) is 0 Å². The van der Waals surface area contributed by atoms with Crippen molar-refractivity contribution >= 4 is 23.4 Å². The zero-order valence-electron chi connectivity index (χ0n) is 12.3. The Morgan fingerprint density at radius 1 is 1.38 bits per heavy atom. The van der Waals surface area contributed by atoms with Gasteiger partial charge in [-0.25, -0.2) is 0 Å². The first-order valence-electron chi connectivity index (χ1n) is 6.90. The van der Waals surface area contributed by atoms with Crippen molar-refractivity contribution in [1.29, 1.82) is 0 Å². The summed E-state index contributed by atoms with van der Waals surface area (Å²) in [5.41, 5.74) is 1.07. The van der Waals surface area contributed by atoms with E-state index in [9.17, 15) is 9.59 Å². The fourth-order valence-corrected chi connectivity index (χ4v) is 2.11. The van der Waals surface area contributed by atoms with Crippen LogP contribution in [0.2, 0.25) is 5.02 Å². The normalized spacial score (nSPS) is 10.0. The minimum atomic E-state index is -0.0797. The van der Waals surface area contributed by atoms with Crippen LogP contribution in [0.4, 0.5) is 0 Å². The van der Waals surface area contributed by atoms with E-state index in [0.717, 1.165) is 5.56 Å². The van der Waals surface area contributed by atoms with E-state index >= 15 is 0 Å². The summed E-state index contributed by atoms with van der Waals surface area (Å²) in [5.74, 6) is -0.113. The van der Waals surface area contributed by atoms with Crippen LogP contribution in [0.1, 0.15) is 18.9 Å². The second-order valence-electron chi connectivity index (χ2n) is 4.73. The lowest BCUT2D eigenvalue weighted by Gasteiger charge is -2.20. The van der Waals surface area contributed by atoms with E-state index in [2.05, 4.69) is 11.9 Å². The van der Waals surface area contributed by atoms with Gasteiger partial charge in [-0.1, -0.05) is 29.8 Å². The molecule has 5 heteroatoms. The third-order valence-electron chi connectivity index (χ3n) is 3.06. The highest BCUT2D eigenvalue weighted by Crippen LogP contribution is 2.11. The summed E-state index contributed by atoms with van der Waals surface area (Å²) < 4.78 is 0. The van der Waals surface area contributed by atoms with Crippen molar-refractivity contribution < 1.29 is 9.59 Å². The summed E-state index contributed by atoms with van der Waals surface area (Å²) in [7, 11) is 0. The number of nitrogens with zero attached hydrogens (tertiary/aromatic N) is 1. The van der Waals surface area contributed by atoms with E-state index < -0.39 is 0 Å². The summed E-state index contributed by atoms with van der Waals surface area (Å²) >= 11 is 5.93. The van der Waals surface area contributed by atoms with Gasteiger partial charge in [0.25, 0.3) is 0 Å². The minimum absolute atomic E-state index is 0.0338. The number of halogens is 1. The minimum Gasteiger partial charge on any atom is -0.353 e. The van der Waals surface area contributed by atoms with Gasteiger partial charge in [0, 0.05) is 38.0 Å². The summed E-state index contributed by atoms with van der Waals surface area (Å²) in [5, 5.41) is 3.38. The topological polar surface area (TPSA) is 49.4 Å². The molecule has 0 aliphatic carbocycles. The predicted molar refractivity (Wildman–Crippen MR) is 85.2 cm³/mol. The van der Waals surface area contributed by atoms with Crippen molar-refractivity contribution in [2.75, 3.05) is 19.6 Å². The molecule has 1 aromatic carbocycles. The molecule has 1 aromatic rings. The smallest absolute Gasteiger partial charge is 0.222 e. The van der Waals surface area contributed by atoms with Crippen molar-refractivity contribution in [2.45, 2.75) is 19.8 Å². The van der Waals surface area contributed by atoms with E-state index in [4.69, 9.17) is 11.6 Å². The van der Waals surface area contributed by atoms with Crippen LogP contribution in [0.25, 0.3) is 0 Å². The molecule has 0 fully saturated rings. The largest absolute Gasteiger partial charge is 0.353 e. The van der Waals surface area contributed by atoms with Gasteiger partial charge in [0.15, 0.2) is 0 Å². The molecule has 0 unspecified atom stereocenters. The lowest BCUT2D eigenvalue weighted by molar-refractivity contribution is -0.129. The number of carbonyl (C=O) groups excluding carboxylic acids is 2. The first-order chi connectivity index (χ1) is 10.0. The Balaban J connectivity index is 2.45. The molecule has 1 rings (SSSR count). The van der Waals surface area contributed by atoms with Crippen LogP contribution in [0.15, 0.2) is 36.9 Å². The first kappa shape index (κ1) is 17.2. The Bertz CT molecular complexity index is 503. The van der Waals surface area contributed by atoms with Crippen LogP contribution in [-0.2, 0) is 16.0 Å². The van der Waals surface area contributed by atoms with Crippen LogP contribution in [0.3, 0.4) is 0 Å². The molecule has 0 radical (unpaired) electrons. The fraction of sp³-hybridized carbons (Fsp3) is 0.375. The molecular formula is C16H21ClN2O2. The Morgan fingerprint density at radius 2 is 2.14 bits per heavy atom. The predicted octanol–water partition coefficient (Wildman–Crippen LogP) is 2.42. The van der Waals surface area contributed by atoms with Crippen LogP contribution in [-0.4, -0.2) is 36.3 Å². The van der Waals surface area contributed by atoms with Crippen LogP contribution in [0.5, 0.6) is 0 Å². The SMILES string of the molecule is C=CCNC(=O)CCN(CCc1cccc(Cl)c1)C(C)=O. The van der Waals surface area contributed by atoms with E-state index in [0.29, 0.717) is 37.5 Å². The maximum absolute atomic E-state index is 11.6. The summed E-state index contributed by atoms with van der Waals surface area (Å²) in [4.78, 5) is 24.8. The Kier molecular flexibility index (Phi) is 7.54. The summed E-state index contributed by atoms with van der Waals surface area (Å²) in [6.07, 6.45) is 2.64. The second-order valence-corrected chi connectivity index (χ2v) is 5.17. The van der Waals surface area contributed by atoms with E-state index in [1.807, 2.05) is 24.3 Å². The van der Waals surface area contributed by atoms with Crippen molar-refractivity contribution in [1.82, 2.24) is 10.2 Å². The highest BCUT2D eigenvalue weighted by atomic mass is 35.5. The zero-order chi connectivity index (χ0) is 15.7. The standard InChI is InChI=1S/C16H21ClN2O2/c1-3-9-18-16(21)8-11-19(13(2)20)10-7-14-5-4-6-15(17)12-14/h3-6,12H,1,7-11H2,2H3,(H,18,21). The highest BCUT2D eigenvalue weighted by molar-refractivity contribution is 6.30. The molecule has 0 bridgehead atoms. The van der Waals surface area contributed by atoms with Crippen molar-refractivity contribution in [3.8, 4) is 0 Å². The lowest BCUT2D eigenvalue weighted by Crippen LogP contribution is -2.35. The van der Waals surface area contributed by atoms with Crippen molar-refractivity contribution in [3.63, 3.8) is 0 Å². The van der Waals surface area contributed by atoms with E-state index in [-0.39, 0.29) is 11.8 Å². The monoisotopic (exact) mass is 308 g/mol. The van der Waals surface area contributed by atoms with Gasteiger partial charge in [-0.2, -0.15) is 0 Å². The molecular weight excluding hydrogens is 288 g/mol. The Morgan fingerprint density at radius 3 is 2.76 bits per heavy atom. The molecule has 0 atom stereocenters. The number of hydrogen-bond donors (Lipinski definition) is 1. The molecule has 0 saturated carbocycles. The van der Waals surface area contributed by atoms with Gasteiger partial charge in [-0.05, 0) is 24.1 Å². The van der Waals surface area contributed by atoms with Gasteiger partial charge in [-0.3, -0.25) is 9.59 Å². The molecule has 2 amide bonds. The average Bonchev–Trinajstić information content (AvgIpc) is 2.44. The Hall–Kier alpha value is -1.81. The van der Waals surface area contributed by atoms with Crippen LogP contribution in [0, 0.1) is 0 Å². The maximum Gasteiger partial charge on any atom is 0.222 e. The molecule has 114 valence electrons. The van der Waals surface area contributed by atoms with Gasteiger partial charge in [0.05, 0.1) is 0 Å². The summed E-state index contributed by atoms with van der Waals surface area (Å²) in [6, 6.07) is 7.56. The third-order valence-corrected chi connectivity index (χ3v) is 3.29. The third kappa shape index (κ3) is 6.95. The average molecular weight is 309 g/mol. The number of amides is 2. The number of hydrogen-bond acceptors (Lipinski definition) is 2. The second kappa shape index (κ2) is 9.19. The molecule has 1 N–H and O–H groups in total. The van der Waals surface area contributed by atoms with Gasteiger partial charge in [0.2, 0.25) is 11.8 Å². The van der Waals surface area contributed by atoms with Crippen LogP contribution < -0.4 is 5.32 Å². The molecule has 0 spiro atoms. The quantitative estimate of drug-likeness (QED) is 0.750. The van der Waals surface area contributed by atoms with Crippen molar-refractivity contribution in [3.05, 3.63) is 47.5 Å². The number of rotatable bonds is 8. The lowest BCUT2D eigenvalue weighted by atomic mass is 10.1. The molecule has 21 heavy (non-hydrogen) atoms. The van der Waals surface area contributed by atoms with Crippen LogP contribution >= 0.6 is 11.6 Å². The fourth-order valence-electron chi connectivity index (χ4n) is 1.89. The maximum atomic E-state index is 11.6. The number of benzene rings is 1. The Labute approximate surface area is 130 Å². The molecule has 0 heterocycles. The first-order valence-corrected chi connectivity index (χ1v) is 7.28. The number of nitrogens with one attached hydrogen (secondary N) is 1. The van der Waals surface area contributed by atoms with Gasteiger partial charge >= 0.3 is 0 Å². The zero-order valence-corrected chi connectivity index (χ0v) is 13.0. The summed E-state index contributed by atoms with van der Waals surface area (Å²) in [6.45, 7) is 6.48. The van der Waals surface area contributed by atoms with E-state index in [1.54, 1.807) is 11.0 Å². The van der Waals surface area contributed by atoms with E-state index in [1.165, 1.54) is 6.92 Å². The molecule has 0 aliphatic rings. The van der Waals surface area contributed by atoms with Gasteiger partial charge in [0.1, 0.15) is 0 Å². The molecule has 0 saturated heterocycles. The van der Waals surface area contributed by atoms with Gasteiger partial charge in [-0.15, -0.1) is 6.58 Å². The van der Waals surface area contributed by atoms with Gasteiger partial charge < -0.3 is 10.2 Å². The number of carbonyl (C=O) groups is 2. The molecule has 4 nitrogen and oxygen atoms in total.